The van der Waals surface area contributed by atoms with Crippen molar-refractivity contribution in [2.75, 3.05) is 13.2 Å². The lowest BCUT2D eigenvalue weighted by Crippen LogP contribution is -2.29. The number of aliphatic hydroxyl groups is 1. The highest BCUT2D eigenvalue weighted by atomic mass is 32.2. The predicted molar refractivity (Wildman–Crippen MR) is 66.2 cm³/mol. The van der Waals surface area contributed by atoms with Crippen molar-refractivity contribution in [3.8, 4) is 11.8 Å². The summed E-state index contributed by atoms with van der Waals surface area (Å²) in [6.07, 6.45) is -2.75. The normalized spacial score (nSPS) is 11.2. The molecule has 110 valence electrons. The van der Waals surface area contributed by atoms with E-state index < -0.39 is 28.8 Å². The van der Waals surface area contributed by atoms with Crippen molar-refractivity contribution in [3.63, 3.8) is 0 Å². The summed E-state index contributed by atoms with van der Waals surface area (Å²) in [6.45, 7) is -1.27. The van der Waals surface area contributed by atoms with Gasteiger partial charge in [-0.1, -0.05) is 11.8 Å². The largest absolute Gasteiger partial charge is 0.395 e. The summed E-state index contributed by atoms with van der Waals surface area (Å²) < 4.78 is 62.6. The third kappa shape index (κ3) is 4.85. The molecule has 0 heterocycles. The minimum atomic E-state index is -4.20. The van der Waals surface area contributed by atoms with Gasteiger partial charge in [0.05, 0.1) is 18.0 Å². The molecule has 0 aromatic heterocycles. The van der Waals surface area contributed by atoms with Crippen molar-refractivity contribution >= 4 is 10.0 Å². The fourth-order valence-electron chi connectivity index (χ4n) is 1.30. The van der Waals surface area contributed by atoms with Crippen LogP contribution in [0.1, 0.15) is 12.0 Å². The zero-order valence-corrected chi connectivity index (χ0v) is 11.1. The molecule has 8 heteroatoms. The van der Waals surface area contributed by atoms with E-state index in [1.807, 2.05) is 0 Å². The molecular formula is C12H12F3NO3S. The van der Waals surface area contributed by atoms with Crippen molar-refractivity contribution in [1.82, 2.24) is 4.72 Å². The van der Waals surface area contributed by atoms with Gasteiger partial charge in [0.1, 0.15) is 5.82 Å². The Balaban J connectivity index is 3.14. The van der Waals surface area contributed by atoms with E-state index in [-0.39, 0.29) is 23.5 Å². The number of nitrogens with one attached hydrogen (secondary N) is 1. The van der Waals surface area contributed by atoms with Crippen molar-refractivity contribution in [2.45, 2.75) is 17.7 Å². The van der Waals surface area contributed by atoms with Crippen LogP contribution in [0.2, 0.25) is 0 Å². The number of hydrogen-bond donors (Lipinski definition) is 2. The highest BCUT2D eigenvalue weighted by Crippen LogP contribution is 2.16. The molecule has 0 saturated heterocycles. The molecule has 20 heavy (non-hydrogen) atoms. The topological polar surface area (TPSA) is 66.4 Å². The van der Waals surface area contributed by atoms with Gasteiger partial charge in [-0.25, -0.2) is 26.3 Å². The van der Waals surface area contributed by atoms with E-state index in [4.69, 9.17) is 5.11 Å². The third-order valence-corrected chi connectivity index (χ3v) is 3.60. The van der Waals surface area contributed by atoms with Crippen LogP contribution in [0, 0.1) is 17.7 Å². The molecule has 1 aromatic rings. The average molecular weight is 307 g/mol. The first kappa shape index (κ1) is 16.5. The number of benzene rings is 1. The molecule has 1 rings (SSSR count). The maximum absolute atomic E-state index is 13.1. The lowest BCUT2D eigenvalue weighted by Gasteiger charge is -2.08. The lowest BCUT2D eigenvalue weighted by molar-refractivity contribution is 0.153. The van der Waals surface area contributed by atoms with E-state index in [1.54, 1.807) is 4.72 Å². The van der Waals surface area contributed by atoms with Gasteiger partial charge in [0.15, 0.2) is 0 Å². The van der Waals surface area contributed by atoms with Gasteiger partial charge in [0, 0.05) is 12.0 Å². The second kappa shape index (κ2) is 7.28. The lowest BCUT2D eigenvalue weighted by atomic mass is 10.2. The molecule has 1 aromatic carbocycles. The number of halogens is 3. The summed E-state index contributed by atoms with van der Waals surface area (Å²) >= 11 is 0. The molecule has 0 aliphatic carbocycles. The molecule has 0 atom stereocenters. The van der Waals surface area contributed by atoms with E-state index in [0.717, 1.165) is 18.2 Å². The molecule has 2 N–H and O–H groups in total. The molecule has 0 saturated carbocycles. The molecule has 0 aliphatic heterocycles. The first-order valence-electron chi connectivity index (χ1n) is 5.54. The summed E-state index contributed by atoms with van der Waals surface area (Å²) in [6, 6.07) is 2.74. The molecule has 0 unspecified atom stereocenters. The number of hydrogen-bond acceptors (Lipinski definition) is 3. The molecule has 4 nitrogen and oxygen atoms in total. The van der Waals surface area contributed by atoms with E-state index in [9.17, 15) is 21.6 Å². The zero-order valence-electron chi connectivity index (χ0n) is 10.2. The summed E-state index contributed by atoms with van der Waals surface area (Å²) in [5.41, 5.74) is -0.153. The van der Waals surface area contributed by atoms with Gasteiger partial charge >= 0.3 is 0 Å². The maximum atomic E-state index is 13.1. The van der Waals surface area contributed by atoms with Gasteiger partial charge in [-0.2, -0.15) is 0 Å². The van der Waals surface area contributed by atoms with Gasteiger partial charge < -0.3 is 5.11 Å². The monoisotopic (exact) mass is 307 g/mol. The smallest absolute Gasteiger partial charge is 0.251 e. The van der Waals surface area contributed by atoms with E-state index in [2.05, 4.69) is 11.8 Å². The quantitative estimate of drug-likeness (QED) is 0.801. The maximum Gasteiger partial charge on any atom is 0.251 e. The number of sulfonamides is 1. The SMILES string of the molecule is O=S(=O)(NCC(F)F)c1ccc(F)cc1C#CCCO. The third-order valence-electron chi connectivity index (χ3n) is 2.12. The molecule has 0 bridgehead atoms. The van der Waals surface area contributed by atoms with E-state index in [1.165, 1.54) is 0 Å². The van der Waals surface area contributed by atoms with Crippen LogP contribution in [-0.2, 0) is 10.0 Å². The van der Waals surface area contributed by atoms with Crippen LogP contribution in [0.3, 0.4) is 0 Å². The first-order chi connectivity index (χ1) is 9.36. The summed E-state index contributed by atoms with van der Waals surface area (Å²) in [4.78, 5) is -0.384. The number of alkyl halides is 2. The highest BCUT2D eigenvalue weighted by Gasteiger charge is 2.19. The average Bonchev–Trinajstić information content (AvgIpc) is 2.37. The Labute approximate surface area is 114 Å². The second-order valence-electron chi connectivity index (χ2n) is 3.66. The van der Waals surface area contributed by atoms with Crippen molar-refractivity contribution < 1.29 is 26.7 Å². The molecule has 0 radical (unpaired) electrons. The van der Waals surface area contributed by atoms with Crippen LogP contribution >= 0.6 is 0 Å². The Hall–Kier alpha value is -1.56. The van der Waals surface area contributed by atoms with Crippen LogP contribution in [-0.4, -0.2) is 33.1 Å². The Morgan fingerprint density at radius 3 is 2.65 bits per heavy atom. The van der Waals surface area contributed by atoms with Crippen LogP contribution in [0.5, 0.6) is 0 Å². The Morgan fingerprint density at radius 1 is 1.35 bits per heavy atom. The fourth-order valence-corrected chi connectivity index (χ4v) is 2.45. The Kier molecular flexibility index (Phi) is 6.01. The number of rotatable bonds is 5. The van der Waals surface area contributed by atoms with E-state index >= 15 is 0 Å². The van der Waals surface area contributed by atoms with Crippen LogP contribution in [0.15, 0.2) is 23.1 Å². The highest BCUT2D eigenvalue weighted by molar-refractivity contribution is 7.89. The zero-order chi connectivity index (χ0) is 15.2. The van der Waals surface area contributed by atoms with Crippen LogP contribution in [0.4, 0.5) is 13.2 Å². The molecule has 0 fully saturated rings. The van der Waals surface area contributed by atoms with Crippen molar-refractivity contribution in [1.29, 1.82) is 0 Å². The minimum Gasteiger partial charge on any atom is -0.395 e. The fraction of sp³-hybridized carbons (Fsp3) is 0.333. The Morgan fingerprint density at radius 2 is 2.05 bits per heavy atom. The Bertz CT molecular complexity index is 621. The molecule has 0 amide bonds. The molecule has 0 spiro atoms. The van der Waals surface area contributed by atoms with Gasteiger partial charge in [0.2, 0.25) is 10.0 Å². The van der Waals surface area contributed by atoms with Crippen molar-refractivity contribution in [2.24, 2.45) is 0 Å². The van der Waals surface area contributed by atoms with Crippen LogP contribution < -0.4 is 4.72 Å². The molecule has 0 aliphatic rings. The van der Waals surface area contributed by atoms with Gasteiger partial charge in [-0.05, 0) is 18.2 Å². The van der Waals surface area contributed by atoms with Crippen LogP contribution in [0.25, 0.3) is 0 Å². The summed E-state index contributed by atoms with van der Waals surface area (Å²) in [7, 11) is -4.20. The van der Waals surface area contributed by atoms with Gasteiger partial charge in [0.25, 0.3) is 6.43 Å². The molecular weight excluding hydrogens is 295 g/mol. The van der Waals surface area contributed by atoms with Gasteiger partial charge in [-0.3, -0.25) is 0 Å². The number of aliphatic hydroxyl groups excluding tert-OH is 1. The second-order valence-corrected chi connectivity index (χ2v) is 5.39. The predicted octanol–water partition coefficient (Wildman–Crippen LogP) is 1.10. The van der Waals surface area contributed by atoms with Gasteiger partial charge in [-0.15, -0.1) is 0 Å². The summed E-state index contributed by atoms with van der Waals surface area (Å²) in [5.74, 6) is 4.14. The van der Waals surface area contributed by atoms with Crippen molar-refractivity contribution in [3.05, 3.63) is 29.6 Å². The standard InChI is InChI=1S/C12H12F3NO3S/c13-10-4-5-11(9(7-10)3-1-2-6-17)20(18,19)16-8-12(14)15/h4-5,7,12,16-17H,2,6,8H2. The summed E-state index contributed by atoms with van der Waals surface area (Å²) in [5, 5.41) is 8.58. The minimum absolute atomic E-state index is 0.0838. The van der Waals surface area contributed by atoms with E-state index in [0.29, 0.717) is 0 Å². The first-order valence-corrected chi connectivity index (χ1v) is 7.02.